The lowest BCUT2D eigenvalue weighted by Crippen LogP contribution is -2.18. The fourth-order valence-corrected chi connectivity index (χ4v) is 1.35. The summed E-state index contributed by atoms with van der Waals surface area (Å²) in [5, 5.41) is 11.4. The van der Waals surface area contributed by atoms with E-state index in [9.17, 15) is 13.2 Å². The van der Waals surface area contributed by atoms with Gasteiger partial charge in [0.1, 0.15) is 5.69 Å². The second kappa shape index (κ2) is 6.44. The van der Waals surface area contributed by atoms with Gasteiger partial charge in [-0.05, 0) is 24.5 Å². The smallest absolute Gasteiger partial charge is 0.433 e. The van der Waals surface area contributed by atoms with Gasteiger partial charge in [0.2, 0.25) is 5.88 Å². The Morgan fingerprint density at radius 3 is 2.60 bits per heavy atom. The zero-order valence-electron chi connectivity index (χ0n) is 11.1. The van der Waals surface area contributed by atoms with Crippen LogP contribution in [0, 0.1) is 5.92 Å². The molecule has 0 radical (unpaired) electrons. The van der Waals surface area contributed by atoms with Crippen molar-refractivity contribution in [2.45, 2.75) is 26.4 Å². The van der Waals surface area contributed by atoms with Gasteiger partial charge in [0.25, 0.3) is 0 Å². The predicted octanol–water partition coefficient (Wildman–Crippen LogP) is 2.62. The van der Waals surface area contributed by atoms with Gasteiger partial charge in [0.05, 0.1) is 12.2 Å². The Hall–Kier alpha value is -1.99. The topological polar surface area (TPSA) is 80.7 Å². The lowest BCUT2D eigenvalue weighted by molar-refractivity contribution is -0.141. The number of rotatable bonds is 5. The minimum Gasteiger partial charge on any atom is -0.477 e. The average molecular weight is 291 g/mol. The first-order chi connectivity index (χ1) is 9.25. The molecule has 20 heavy (non-hydrogen) atoms. The van der Waals surface area contributed by atoms with Gasteiger partial charge < -0.3 is 15.7 Å². The molecule has 0 aliphatic heterocycles. The molecule has 112 valence electrons. The maximum atomic E-state index is 12.6. The molecule has 5 nitrogen and oxygen atoms in total. The molecule has 0 unspecified atom stereocenters. The monoisotopic (exact) mass is 291 g/mol. The number of ether oxygens (including phenoxy) is 1. The number of nitrogens with zero attached hydrogens (tertiary/aromatic N) is 2. The fourth-order valence-electron chi connectivity index (χ4n) is 1.35. The Morgan fingerprint density at radius 2 is 2.10 bits per heavy atom. The normalized spacial score (nSPS) is 12.8. The van der Waals surface area contributed by atoms with Crippen LogP contribution in [0.1, 0.15) is 31.5 Å². The lowest BCUT2D eigenvalue weighted by atomic mass is 10.1. The molecule has 1 aromatic heterocycles. The predicted molar refractivity (Wildman–Crippen MR) is 66.7 cm³/mol. The molecular weight excluding hydrogens is 275 g/mol. The quantitative estimate of drug-likeness (QED) is 0.378. The largest absolute Gasteiger partial charge is 0.477 e. The van der Waals surface area contributed by atoms with Crippen molar-refractivity contribution in [2.75, 3.05) is 6.61 Å². The first-order valence-electron chi connectivity index (χ1n) is 5.94. The van der Waals surface area contributed by atoms with Gasteiger partial charge in [-0.1, -0.05) is 19.0 Å². The molecule has 0 amide bonds. The standard InChI is InChI=1S/C12H16F3N3O2/c1-7(2)5-6-20-11-8(10(16)18-19)3-4-9(17-11)12(13,14)15/h3-4,7,19H,5-6H2,1-2H3,(H2,16,18). The Bertz CT molecular complexity index is 487. The molecule has 8 heteroatoms. The SMILES string of the molecule is CC(C)CCOc1nc(C(F)(F)F)ccc1C(N)=NO. The molecule has 1 heterocycles. The third-order valence-corrected chi connectivity index (χ3v) is 2.47. The highest BCUT2D eigenvalue weighted by Gasteiger charge is 2.33. The molecule has 0 atom stereocenters. The maximum absolute atomic E-state index is 12.6. The van der Waals surface area contributed by atoms with Crippen LogP contribution in [-0.4, -0.2) is 22.6 Å². The van der Waals surface area contributed by atoms with Crippen molar-refractivity contribution in [3.63, 3.8) is 0 Å². The molecule has 0 aromatic carbocycles. The van der Waals surface area contributed by atoms with Gasteiger partial charge in [-0.15, -0.1) is 0 Å². The van der Waals surface area contributed by atoms with Crippen LogP contribution in [-0.2, 0) is 6.18 Å². The van der Waals surface area contributed by atoms with E-state index in [1.54, 1.807) is 0 Å². The van der Waals surface area contributed by atoms with Gasteiger partial charge in [0, 0.05) is 0 Å². The third-order valence-electron chi connectivity index (χ3n) is 2.47. The number of amidine groups is 1. The summed E-state index contributed by atoms with van der Waals surface area (Å²) in [6.07, 6.45) is -3.94. The number of nitrogens with two attached hydrogens (primary N) is 1. The van der Waals surface area contributed by atoms with E-state index in [4.69, 9.17) is 15.7 Å². The zero-order valence-corrected chi connectivity index (χ0v) is 11.1. The summed E-state index contributed by atoms with van der Waals surface area (Å²) in [4.78, 5) is 3.39. The molecule has 1 rings (SSSR count). The number of oxime groups is 1. The number of hydrogen-bond acceptors (Lipinski definition) is 4. The van der Waals surface area contributed by atoms with Crippen LogP contribution in [0.25, 0.3) is 0 Å². The minimum absolute atomic E-state index is 0.0178. The molecule has 0 spiro atoms. The van der Waals surface area contributed by atoms with Crippen LogP contribution in [0.4, 0.5) is 13.2 Å². The first kappa shape index (κ1) is 16.1. The van der Waals surface area contributed by atoms with Crippen LogP contribution in [0.5, 0.6) is 5.88 Å². The van der Waals surface area contributed by atoms with Gasteiger partial charge in [-0.3, -0.25) is 0 Å². The van der Waals surface area contributed by atoms with E-state index in [1.165, 1.54) is 0 Å². The molecule has 0 saturated heterocycles. The molecule has 1 aromatic rings. The maximum Gasteiger partial charge on any atom is 0.433 e. The lowest BCUT2D eigenvalue weighted by Gasteiger charge is -2.13. The fraction of sp³-hybridized carbons (Fsp3) is 0.500. The summed E-state index contributed by atoms with van der Waals surface area (Å²) in [6, 6.07) is 1.82. The molecule has 0 aliphatic rings. The van der Waals surface area contributed by atoms with E-state index < -0.39 is 11.9 Å². The highest BCUT2D eigenvalue weighted by Crippen LogP contribution is 2.30. The first-order valence-corrected chi connectivity index (χ1v) is 5.94. The summed E-state index contributed by atoms with van der Waals surface area (Å²) >= 11 is 0. The number of pyridine rings is 1. The van der Waals surface area contributed by atoms with Crippen molar-refractivity contribution < 1.29 is 23.1 Å². The van der Waals surface area contributed by atoms with E-state index in [-0.39, 0.29) is 23.9 Å². The van der Waals surface area contributed by atoms with Crippen LogP contribution < -0.4 is 10.5 Å². The zero-order chi connectivity index (χ0) is 15.3. The summed E-state index contributed by atoms with van der Waals surface area (Å²) in [5.74, 6) is -0.324. The van der Waals surface area contributed by atoms with Crippen molar-refractivity contribution in [3.8, 4) is 5.88 Å². The molecular formula is C12H16F3N3O2. The summed E-state index contributed by atoms with van der Waals surface area (Å²) in [6.45, 7) is 4.10. The van der Waals surface area contributed by atoms with Crippen molar-refractivity contribution in [2.24, 2.45) is 16.8 Å². The third kappa shape index (κ3) is 4.29. The van der Waals surface area contributed by atoms with Gasteiger partial charge >= 0.3 is 6.18 Å². The van der Waals surface area contributed by atoms with E-state index in [0.29, 0.717) is 12.3 Å². The average Bonchev–Trinajstić information content (AvgIpc) is 2.36. The van der Waals surface area contributed by atoms with Crippen molar-refractivity contribution in [1.82, 2.24) is 4.98 Å². The van der Waals surface area contributed by atoms with E-state index in [1.807, 2.05) is 13.8 Å². The summed E-state index contributed by atoms with van der Waals surface area (Å²) in [5.41, 5.74) is 4.31. The number of alkyl halides is 3. The second-order valence-corrected chi connectivity index (χ2v) is 4.56. The molecule has 0 saturated carbocycles. The highest BCUT2D eigenvalue weighted by molar-refractivity contribution is 5.99. The Kier molecular flexibility index (Phi) is 5.18. The van der Waals surface area contributed by atoms with E-state index >= 15 is 0 Å². The van der Waals surface area contributed by atoms with Crippen LogP contribution >= 0.6 is 0 Å². The van der Waals surface area contributed by atoms with Gasteiger partial charge in [0.15, 0.2) is 5.84 Å². The second-order valence-electron chi connectivity index (χ2n) is 4.56. The van der Waals surface area contributed by atoms with E-state index in [2.05, 4.69) is 10.1 Å². The van der Waals surface area contributed by atoms with E-state index in [0.717, 1.165) is 12.1 Å². The minimum atomic E-state index is -4.58. The van der Waals surface area contributed by atoms with Crippen molar-refractivity contribution in [1.29, 1.82) is 0 Å². The Labute approximate surface area is 114 Å². The molecule has 0 fully saturated rings. The van der Waals surface area contributed by atoms with Crippen molar-refractivity contribution >= 4 is 5.84 Å². The van der Waals surface area contributed by atoms with Crippen LogP contribution in [0.15, 0.2) is 17.3 Å². The molecule has 3 N–H and O–H groups in total. The van der Waals surface area contributed by atoms with Gasteiger partial charge in [-0.2, -0.15) is 13.2 Å². The van der Waals surface area contributed by atoms with Crippen LogP contribution in [0.2, 0.25) is 0 Å². The van der Waals surface area contributed by atoms with Crippen LogP contribution in [0.3, 0.4) is 0 Å². The highest BCUT2D eigenvalue weighted by atomic mass is 19.4. The number of aromatic nitrogens is 1. The van der Waals surface area contributed by atoms with Gasteiger partial charge in [-0.25, -0.2) is 4.98 Å². The van der Waals surface area contributed by atoms with Crippen molar-refractivity contribution in [3.05, 3.63) is 23.4 Å². The summed E-state index contributed by atoms with van der Waals surface area (Å²) < 4.78 is 43.0. The molecule has 0 bridgehead atoms. The Balaban J connectivity index is 3.07. The number of halogens is 3. The molecule has 0 aliphatic carbocycles. The Morgan fingerprint density at radius 1 is 1.45 bits per heavy atom. The summed E-state index contributed by atoms with van der Waals surface area (Å²) in [7, 11) is 0. The number of hydrogen-bond donors (Lipinski definition) is 2.